The Balaban J connectivity index is 1.69. The molecule has 0 amide bonds. The molecule has 3 heterocycles. The number of piperazine rings is 1. The van der Waals surface area contributed by atoms with Crippen molar-refractivity contribution in [3.63, 3.8) is 0 Å². The van der Waals surface area contributed by atoms with Gasteiger partial charge in [0.2, 0.25) is 0 Å². The second-order valence-electron chi connectivity index (χ2n) is 5.07. The third-order valence-electron chi connectivity index (χ3n) is 3.68. The molecule has 0 radical (unpaired) electrons. The Morgan fingerprint density at radius 1 is 1.27 bits per heavy atom. The van der Waals surface area contributed by atoms with E-state index < -0.39 is 0 Å². The number of rotatable bonds is 4. The van der Waals surface area contributed by atoms with Crippen molar-refractivity contribution in [1.82, 2.24) is 24.8 Å². The summed E-state index contributed by atoms with van der Waals surface area (Å²) < 4.78 is 0.207. The summed E-state index contributed by atoms with van der Waals surface area (Å²) in [5.74, 6) is 2.01. The third-order valence-corrected chi connectivity index (χ3v) is 4.07. The third kappa shape index (κ3) is 3.09. The topological polar surface area (TPSA) is 111 Å². The Bertz CT molecular complexity index is 648. The van der Waals surface area contributed by atoms with Crippen molar-refractivity contribution in [3.05, 3.63) is 30.1 Å². The lowest BCUT2D eigenvalue weighted by Crippen LogP contribution is -2.46. The van der Waals surface area contributed by atoms with Gasteiger partial charge in [-0.1, -0.05) is 0 Å². The molecule has 0 saturated carbocycles. The van der Waals surface area contributed by atoms with E-state index in [1.165, 1.54) is 6.33 Å². The highest BCUT2D eigenvalue weighted by Crippen LogP contribution is 2.25. The molecule has 2 aromatic rings. The summed E-state index contributed by atoms with van der Waals surface area (Å²) in [6.45, 7) is 4.27. The first-order valence-electron chi connectivity index (χ1n) is 6.95. The lowest BCUT2D eigenvalue weighted by atomic mass is 10.2. The van der Waals surface area contributed by atoms with Crippen LogP contribution in [0.3, 0.4) is 0 Å². The minimum Gasteiger partial charge on any atom is -0.383 e. The van der Waals surface area contributed by atoms with Crippen LogP contribution in [0.5, 0.6) is 0 Å². The molecule has 0 aliphatic carbocycles. The zero-order chi connectivity index (χ0) is 15.5. The zero-order valence-corrected chi connectivity index (χ0v) is 13.5. The van der Waals surface area contributed by atoms with Gasteiger partial charge in [0.15, 0.2) is 0 Å². The van der Waals surface area contributed by atoms with Crippen LogP contribution in [0.2, 0.25) is 0 Å². The normalized spacial score (nSPS) is 16.0. The molecule has 116 valence electrons. The van der Waals surface area contributed by atoms with Gasteiger partial charge in [0, 0.05) is 38.6 Å². The molecule has 0 bridgehead atoms. The smallest absolute Gasteiger partial charge is 0.144 e. The number of nitrogens with one attached hydrogen (secondary N) is 2. The van der Waals surface area contributed by atoms with Gasteiger partial charge in [0.25, 0.3) is 0 Å². The molecule has 8 nitrogen and oxygen atoms in total. The molecule has 1 fully saturated rings. The molecule has 1 aliphatic heterocycles. The molecule has 9 heteroatoms. The summed E-state index contributed by atoms with van der Waals surface area (Å²) in [5.41, 5.74) is 6.43. The van der Waals surface area contributed by atoms with E-state index in [2.05, 4.69) is 45.7 Å². The number of nitrogen functional groups attached to an aromatic ring is 1. The molecule has 0 aromatic carbocycles. The number of imidazole rings is 1. The fourth-order valence-electron chi connectivity index (χ4n) is 2.55. The summed E-state index contributed by atoms with van der Waals surface area (Å²) in [4.78, 5) is 20.1. The van der Waals surface area contributed by atoms with Crippen molar-refractivity contribution in [2.75, 3.05) is 36.8 Å². The maximum Gasteiger partial charge on any atom is 0.144 e. The Kier molecular flexibility index (Phi) is 4.34. The van der Waals surface area contributed by atoms with E-state index in [9.17, 15) is 0 Å². The van der Waals surface area contributed by atoms with Gasteiger partial charge in [-0.2, -0.15) is 0 Å². The van der Waals surface area contributed by atoms with Gasteiger partial charge in [-0.3, -0.25) is 10.3 Å². The van der Waals surface area contributed by atoms with Crippen molar-refractivity contribution < 1.29 is 0 Å². The summed E-state index contributed by atoms with van der Waals surface area (Å²) in [7, 11) is 0. The number of nitrogens with two attached hydrogens (primary N) is 1. The van der Waals surface area contributed by atoms with E-state index in [0.29, 0.717) is 17.2 Å². The molecule has 0 atom stereocenters. The summed E-state index contributed by atoms with van der Waals surface area (Å²) in [6.07, 6.45) is 5.05. The van der Waals surface area contributed by atoms with Gasteiger partial charge in [-0.15, -0.1) is 0 Å². The van der Waals surface area contributed by atoms with Gasteiger partial charge >= 0.3 is 0 Å². The maximum absolute atomic E-state index is 7.81. The number of nitrogens with zero attached hydrogens (tertiary/aromatic N) is 5. The summed E-state index contributed by atoms with van der Waals surface area (Å²) in [6, 6.07) is 0. The van der Waals surface area contributed by atoms with Crippen LogP contribution in [0.4, 0.5) is 11.6 Å². The van der Waals surface area contributed by atoms with Crippen molar-refractivity contribution in [1.29, 1.82) is 5.41 Å². The maximum atomic E-state index is 7.81. The Labute approximate surface area is 136 Å². The second kappa shape index (κ2) is 6.41. The molecular weight excluding hydrogens is 348 g/mol. The minimum atomic E-state index is 0.207. The van der Waals surface area contributed by atoms with Crippen LogP contribution in [0.25, 0.3) is 0 Å². The fourth-order valence-corrected chi connectivity index (χ4v) is 2.93. The predicted octanol–water partition coefficient (Wildman–Crippen LogP) is 0.824. The number of aromatic amines is 1. The highest BCUT2D eigenvalue weighted by Gasteiger charge is 2.23. The van der Waals surface area contributed by atoms with Crippen LogP contribution in [0.1, 0.15) is 11.4 Å². The van der Waals surface area contributed by atoms with E-state index in [1.807, 2.05) is 6.20 Å². The molecule has 0 spiro atoms. The van der Waals surface area contributed by atoms with Crippen LogP contribution in [0, 0.1) is 5.41 Å². The predicted molar refractivity (Wildman–Crippen MR) is 88.3 cm³/mol. The number of halogens is 1. The lowest BCUT2D eigenvalue weighted by molar-refractivity contribution is 0.244. The second-order valence-corrected chi connectivity index (χ2v) is 5.86. The average molecular weight is 365 g/mol. The Morgan fingerprint density at radius 3 is 2.68 bits per heavy atom. The van der Waals surface area contributed by atoms with E-state index in [0.717, 1.165) is 38.5 Å². The largest absolute Gasteiger partial charge is 0.383 e. The average Bonchev–Trinajstić information content (AvgIpc) is 3.00. The van der Waals surface area contributed by atoms with Crippen LogP contribution in [-0.4, -0.2) is 55.6 Å². The van der Waals surface area contributed by atoms with Crippen LogP contribution >= 0.6 is 15.9 Å². The van der Waals surface area contributed by atoms with Crippen molar-refractivity contribution >= 4 is 32.2 Å². The number of H-pyrrole nitrogens is 1. The highest BCUT2D eigenvalue weighted by molar-refractivity contribution is 9.18. The lowest BCUT2D eigenvalue weighted by Gasteiger charge is -2.35. The molecule has 3 rings (SSSR count). The van der Waals surface area contributed by atoms with Gasteiger partial charge in [-0.25, -0.2) is 15.0 Å². The molecule has 22 heavy (non-hydrogen) atoms. The molecule has 4 N–H and O–H groups in total. The van der Waals surface area contributed by atoms with E-state index in [-0.39, 0.29) is 4.62 Å². The first kappa shape index (κ1) is 14.9. The van der Waals surface area contributed by atoms with E-state index in [1.54, 1.807) is 6.20 Å². The number of hydrogen-bond acceptors (Lipinski definition) is 7. The number of anilines is 2. The van der Waals surface area contributed by atoms with E-state index >= 15 is 0 Å². The Morgan fingerprint density at radius 2 is 2.05 bits per heavy atom. The zero-order valence-electron chi connectivity index (χ0n) is 12.0. The van der Waals surface area contributed by atoms with E-state index in [4.69, 9.17) is 11.1 Å². The SMILES string of the molecule is N=C(Br)c1c(N)ncnc1N1CCN(Cc2ncc[nH]2)CC1. The standard InChI is InChI=1S/C13H17BrN8/c14-11(15)10-12(16)19-8-20-13(10)22-5-3-21(4-6-22)7-9-17-1-2-18-9/h1-2,8,15H,3-7H2,(H,17,18)(H2,16,19,20). The van der Waals surface area contributed by atoms with Crippen molar-refractivity contribution in [2.24, 2.45) is 0 Å². The monoisotopic (exact) mass is 364 g/mol. The summed E-state index contributed by atoms with van der Waals surface area (Å²) in [5, 5.41) is 7.81. The van der Waals surface area contributed by atoms with Gasteiger partial charge < -0.3 is 15.6 Å². The van der Waals surface area contributed by atoms with Crippen molar-refractivity contribution in [3.8, 4) is 0 Å². The first-order chi connectivity index (χ1) is 10.6. The van der Waals surface area contributed by atoms with Crippen LogP contribution in [0.15, 0.2) is 18.7 Å². The van der Waals surface area contributed by atoms with Gasteiger partial charge in [0.1, 0.15) is 28.4 Å². The first-order valence-corrected chi connectivity index (χ1v) is 7.75. The van der Waals surface area contributed by atoms with Crippen LogP contribution in [-0.2, 0) is 6.54 Å². The van der Waals surface area contributed by atoms with Crippen molar-refractivity contribution in [2.45, 2.75) is 6.54 Å². The number of aromatic nitrogens is 4. The Hall–Kier alpha value is -2.00. The summed E-state index contributed by atoms with van der Waals surface area (Å²) >= 11 is 3.18. The fraction of sp³-hybridized carbons (Fsp3) is 0.385. The van der Waals surface area contributed by atoms with Gasteiger partial charge in [0.05, 0.1) is 12.1 Å². The number of hydrogen-bond donors (Lipinski definition) is 3. The molecule has 1 aliphatic rings. The minimum absolute atomic E-state index is 0.207. The molecule has 0 unspecified atom stereocenters. The quantitative estimate of drug-likeness (QED) is 0.692. The molecule has 2 aromatic heterocycles. The highest BCUT2D eigenvalue weighted by atomic mass is 79.9. The van der Waals surface area contributed by atoms with Crippen LogP contribution < -0.4 is 10.6 Å². The van der Waals surface area contributed by atoms with Gasteiger partial charge in [-0.05, 0) is 15.9 Å². The molecule has 1 saturated heterocycles. The molecular formula is C13H17BrN8.